The molecule has 1 aliphatic rings. The van der Waals surface area contributed by atoms with Gasteiger partial charge in [-0.2, -0.15) is 4.31 Å². The fourth-order valence-corrected chi connectivity index (χ4v) is 7.03. The fourth-order valence-electron chi connectivity index (χ4n) is 4.48. The number of benzene rings is 2. The van der Waals surface area contributed by atoms with Crippen LogP contribution in [0.25, 0.3) is 0 Å². The number of carboxylic acid groups (broad SMARTS) is 1. The van der Waals surface area contributed by atoms with Crippen molar-refractivity contribution in [2.45, 2.75) is 36.6 Å². The second-order valence-corrected chi connectivity index (χ2v) is 11.1. The minimum Gasteiger partial charge on any atom is -0.497 e. The molecule has 3 aromatic rings. The van der Waals surface area contributed by atoms with Crippen LogP contribution in [0.3, 0.4) is 0 Å². The van der Waals surface area contributed by atoms with E-state index in [0.29, 0.717) is 31.4 Å². The number of ether oxygens (including phenoxy) is 1. The minimum absolute atomic E-state index is 0.0725. The number of nitrogens with zero attached hydrogens (tertiary/aromatic N) is 1. The molecule has 2 atom stereocenters. The predicted octanol–water partition coefficient (Wildman–Crippen LogP) is 4.25. The number of aliphatic carboxylic acids is 1. The number of aryl methyl sites for hydroxylation is 1. The maximum absolute atomic E-state index is 13.7. The Morgan fingerprint density at radius 3 is 2.52 bits per heavy atom. The molecule has 0 amide bonds. The number of hydrogen-bond donors (Lipinski definition) is 1. The average molecular weight is 486 g/mol. The molecule has 6 nitrogen and oxygen atoms in total. The molecular formula is C25H27NO5S2. The van der Waals surface area contributed by atoms with Crippen molar-refractivity contribution in [2.24, 2.45) is 5.92 Å². The number of hydrogen-bond acceptors (Lipinski definition) is 5. The number of carbonyl (C=O) groups is 1. The number of methoxy groups -OCH3 is 1. The highest BCUT2D eigenvalue weighted by Crippen LogP contribution is 2.33. The zero-order chi connectivity index (χ0) is 23.4. The lowest BCUT2D eigenvalue weighted by Crippen LogP contribution is -2.51. The second-order valence-electron chi connectivity index (χ2n) is 8.18. The van der Waals surface area contributed by atoms with Gasteiger partial charge in [-0.25, -0.2) is 8.42 Å². The van der Waals surface area contributed by atoms with Crippen molar-refractivity contribution < 1.29 is 23.1 Å². The van der Waals surface area contributed by atoms with Gasteiger partial charge in [0.05, 0.1) is 12.0 Å². The van der Waals surface area contributed by atoms with Crippen molar-refractivity contribution in [3.8, 4) is 5.75 Å². The van der Waals surface area contributed by atoms with E-state index in [-0.39, 0.29) is 17.4 Å². The van der Waals surface area contributed by atoms with Crippen LogP contribution in [0.4, 0.5) is 0 Å². The summed E-state index contributed by atoms with van der Waals surface area (Å²) in [4.78, 5) is 13.8. The molecule has 2 unspecified atom stereocenters. The molecule has 174 valence electrons. The number of carboxylic acids is 1. The Balaban J connectivity index is 1.72. The molecule has 4 rings (SSSR count). The minimum atomic E-state index is -4.02. The van der Waals surface area contributed by atoms with Crippen molar-refractivity contribution >= 4 is 27.3 Å². The van der Waals surface area contributed by atoms with Gasteiger partial charge in [-0.3, -0.25) is 4.79 Å². The number of rotatable bonds is 7. The third-order valence-corrected chi connectivity index (χ3v) is 9.12. The summed E-state index contributed by atoms with van der Waals surface area (Å²) >= 11 is 1.60. The molecule has 0 aliphatic carbocycles. The summed E-state index contributed by atoms with van der Waals surface area (Å²) in [5.41, 5.74) is 2.24. The maximum atomic E-state index is 13.7. The summed E-state index contributed by atoms with van der Waals surface area (Å²) < 4.78 is 33.7. The lowest BCUT2D eigenvalue weighted by Gasteiger charge is -2.35. The molecule has 1 aliphatic heterocycles. The van der Waals surface area contributed by atoms with E-state index in [1.54, 1.807) is 23.5 Å². The van der Waals surface area contributed by atoms with Gasteiger partial charge in [0.15, 0.2) is 0 Å². The third kappa shape index (κ3) is 5.13. The van der Waals surface area contributed by atoms with Gasteiger partial charge in [0, 0.05) is 11.4 Å². The molecule has 0 saturated carbocycles. The van der Waals surface area contributed by atoms with Crippen molar-refractivity contribution in [3.05, 3.63) is 82.0 Å². The zero-order valence-electron chi connectivity index (χ0n) is 18.4. The topological polar surface area (TPSA) is 83.9 Å². The van der Waals surface area contributed by atoms with Crippen molar-refractivity contribution in [1.29, 1.82) is 0 Å². The van der Waals surface area contributed by atoms with E-state index in [2.05, 4.69) is 0 Å². The monoisotopic (exact) mass is 485 g/mol. The molecule has 2 heterocycles. The van der Waals surface area contributed by atoms with Gasteiger partial charge in [-0.05, 0) is 78.4 Å². The Morgan fingerprint density at radius 2 is 1.85 bits per heavy atom. The molecular weight excluding hydrogens is 458 g/mol. The van der Waals surface area contributed by atoms with Gasteiger partial charge in [0.25, 0.3) is 0 Å². The van der Waals surface area contributed by atoms with Crippen LogP contribution in [-0.4, -0.2) is 43.5 Å². The summed E-state index contributed by atoms with van der Waals surface area (Å²) in [7, 11) is -2.51. The highest BCUT2D eigenvalue weighted by atomic mass is 32.2. The SMILES string of the molecule is COc1ccc(S(=O)(=O)N2CCc3sccc3CC(CCc3ccccc3)C2C(=O)O)cc1. The smallest absolute Gasteiger partial charge is 0.322 e. The average Bonchev–Trinajstić information content (AvgIpc) is 3.24. The van der Waals surface area contributed by atoms with Gasteiger partial charge in [-0.15, -0.1) is 11.3 Å². The summed E-state index contributed by atoms with van der Waals surface area (Å²) in [6, 6.07) is 16.9. The lowest BCUT2D eigenvalue weighted by molar-refractivity contribution is -0.143. The molecule has 33 heavy (non-hydrogen) atoms. The van der Waals surface area contributed by atoms with E-state index < -0.39 is 22.0 Å². The van der Waals surface area contributed by atoms with E-state index in [1.807, 2.05) is 41.8 Å². The van der Waals surface area contributed by atoms with Crippen molar-refractivity contribution in [1.82, 2.24) is 4.31 Å². The number of fused-ring (bicyclic) bond motifs is 1. The predicted molar refractivity (Wildman–Crippen MR) is 128 cm³/mol. The van der Waals surface area contributed by atoms with Crippen molar-refractivity contribution in [2.75, 3.05) is 13.7 Å². The van der Waals surface area contributed by atoms with E-state index in [1.165, 1.54) is 23.5 Å². The number of thiophene rings is 1. The van der Waals surface area contributed by atoms with Crippen LogP contribution < -0.4 is 4.74 Å². The van der Waals surface area contributed by atoms with Crippen LogP contribution in [0, 0.1) is 5.92 Å². The fraction of sp³-hybridized carbons (Fsp3) is 0.320. The van der Waals surface area contributed by atoms with E-state index >= 15 is 0 Å². The van der Waals surface area contributed by atoms with Crippen LogP contribution in [-0.2, 0) is 34.1 Å². The summed E-state index contributed by atoms with van der Waals surface area (Å²) in [5.74, 6) is -0.923. The molecule has 0 bridgehead atoms. The number of sulfonamides is 1. The van der Waals surface area contributed by atoms with Gasteiger partial charge in [0.1, 0.15) is 11.8 Å². The molecule has 1 aromatic heterocycles. The van der Waals surface area contributed by atoms with Gasteiger partial charge in [0.2, 0.25) is 10.0 Å². The Morgan fingerprint density at radius 1 is 1.12 bits per heavy atom. The highest BCUT2D eigenvalue weighted by molar-refractivity contribution is 7.89. The molecule has 0 fully saturated rings. The van der Waals surface area contributed by atoms with Crippen LogP contribution >= 0.6 is 11.3 Å². The summed E-state index contributed by atoms with van der Waals surface area (Å²) in [6.45, 7) is 0.126. The van der Waals surface area contributed by atoms with E-state index in [9.17, 15) is 18.3 Å². The molecule has 0 spiro atoms. The van der Waals surface area contributed by atoms with E-state index in [4.69, 9.17) is 4.74 Å². The van der Waals surface area contributed by atoms with Crippen LogP contribution in [0.1, 0.15) is 22.4 Å². The van der Waals surface area contributed by atoms with Gasteiger partial charge < -0.3 is 9.84 Å². The first-order valence-corrected chi connectivity index (χ1v) is 13.2. The lowest BCUT2D eigenvalue weighted by atomic mass is 9.85. The normalized spacial score (nSPS) is 19.3. The molecule has 8 heteroatoms. The first kappa shape index (κ1) is 23.5. The van der Waals surface area contributed by atoms with Crippen molar-refractivity contribution in [3.63, 3.8) is 0 Å². The summed E-state index contributed by atoms with van der Waals surface area (Å²) in [6.07, 6.45) is 2.30. The third-order valence-electron chi connectivity index (χ3n) is 6.20. The maximum Gasteiger partial charge on any atom is 0.322 e. The molecule has 2 aromatic carbocycles. The van der Waals surface area contributed by atoms with Crippen LogP contribution in [0.2, 0.25) is 0 Å². The Kier molecular flexibility index (Phi) is 7.17. The Labute approximate surface area is 198 Å². The van der Waals surface area contributed by atoms with Crippen LogP contribution in [0.15, 0.2) is 70.9 Å². The molecule has 0 saturated heterocycles. The standard InChI is InChI=1S/C25H27NO5S2/c1-31-21-9-11-22(12-10-21)33(29,30)26-15-13-23-19(14-16-32-23)17-20(24(26)25(27)28)8-7-18-5-3-2-4-6-18/h2-6,9-12,14,16,20,24H,7-8,13,15,17H2,1H3,(H,27,28). The van der Waals surface area contributed by atoms with E-state index in [0.717, 1.165) is 16.0 Å². The van der Waals surface area contributed by atoms with Gasteiger partial charge in [-0.1, -0.05) is 30.3 Å². The second kappa shape index (κ2) is 10.1. The largest absolute Gasteiger partial charge is 0.497 e. The first-order valence-electron chi connectivity index (χ1n) is 10.9. The summed E-state index contributed by atoms with van der Waals surface area (Å²) in [5, 5.41) is 12.3. The van der Waals surface area contributed by atoms with Gasteiger partial charge >= 0.3 is 5.97 Å². The Bertz CT molecular complexity index is 1190. The molecule has 1 N–H and O–H groups in total. The van der Waals surface area contributed by atoms with Crippen LogP contribution in [0.5, 0.6) is 5.75 Å². The molecule has 0 radical (unpaired) electrons. The first-order chi connectivity index (χ1) is 15.9. The highest BCUT2D eigenvalue weighted by Gasteiger charge is 2.42. The zero-order valence-corrected chi connectivity index (χ0v) is 20.0. The quantitative estimate of drug-likeness (QED) is 0.541. The Hall–Kier alpha value is -2.68.